The van der Waals surface area contributed by atoms with Crippen molar-refractivity contribution >= 4 is 15.0 Å². The van der Waals surface area contributed by atoms with Crippen molar-refractivity contribution in [2.45, 2.75) is 32.9 Å². The van der Waals surface area contributed by atoms with Gasteiger partial charge in [-0.15, -0.1) is 0 Å². The lowest BCUT2D eigenvalue weighted by molar-refractivity contribution is -0.138. The molecule has 81 valence electrons. The zero-order chi connectivity index (χ0) is 11.0. The number of esters is 1. The summed E-state index contributed by atoms with van der Waals surface area (Å²) < 4.78 is 10.4. The Bertz CT molecular complexity index is 192. The van der Waals surface area contributed by atoms with Crippen molar-refractivity contribution in [1.82, 2.24) is 0 Å². The Morgan fingerprint density at radius 3 is 2.64 bits per heavy atom. The van der Waals surface area contributed by atoms with Crippen LogP contribution in [0.4, 0.5) is 0 Å². The van der Waals surface area contributed by atoms with E-state index in [2.05, 4.69) is 13.1 Å². The van der Waals surface area contributed by atoms with Crippen LogP contribution in [0.5, 0.6) is 0 Å². The monoisotopic (exact) mass is 215 g/mol. The molecule has 0 amide bonds. The number of carbonyl (C=O) groups excluding carboxylic acids is 1. The lowest BCUT2D eigenvalue weighted by atomic mass is 10.4. The predicted octanol–water partition coefficient (Wildman–Crippen LogP) is 2.15. The molecule has 14 heavy (non-hydrogen) atoms. The van der Waals surface area contributed by atoms with Crippen LogP contribution in [-0.2, 0) is 14.0 Å². The summed E-state index contributed by atoms with van der Waals surface area (Å²) in [5.41, 5.74) is 0.455. The fourth-order valence-electron chi connectivity index (χ4n) is 0.928. The molecule has 3 nitrogen and oxygen atoms in total. The highest BCUT2D eigenvalue weighted by Gasteiger charge is 2.06. The van der Waals surface area contributed by atoms with Crippen molar-refractivity contribution in [3.63, 3.8) is 0 Å². The predicted molar refractivity (Wildman–Crippen MR) is 58.4 cm³/mol. The van der Waals surface area contributed by atoms with Gasteiger partial charge in [0.1, 0.15) is 0 Å². The molecule has 0 rings (SSSR count). The first-order chi connectivity index (χ1) is 6.57. The summed E-state index contributed by atoms with van der Waals surface area (Å²) in [6, 6.07) is 1.02. The van der Waals surface area contributed by atoms with Gasteiger partial charge in [-0.3, -0.25) is 0 Å². The van der Waals surface area contributed by atoms with Crippen molar-refractivity contribution in [2.24, 2.45) is 0 Å². The molecular weight excluding hydrogens is 196 g/mol. The van der Waals surface area contributed by atoms with Crippen LogP contribution in [0.3, 0.4) is 0 Å². The van der Waals surface area contributed by atoms with Crippen LogP contribution < -0.4 is 0 Å². The fourth-order valence-corrected chi connectivity index (χ4v) is 2.21. The van der Waals surface area contributed by atoms with Gasteiger partial charge in [0.25, 0.3) is 0 Å². The Morgan fingerprint density at radius 1 is 1.50 bits per heavy atom. The summed E-state index contributed by atoms with van der Waals surface area (Å²) in [7, 11) is -0.672. The molecule has 0 bridgehead atoms. The fraction of sp³-hybridized carbons (Fsp3) is 0.700. The van der Waals surface area contributed by atoms with Gasteiger partial charge in [-0.1, -0.05) is 6.58 Å². The van der Waals surface area contributed by atoms with E-state index in [0.29, 0.717) is 12.2 Å². The zero-order valence-electron chi connectivity index (χ0n) is 9.26. The maximum Gasteiger partial charge on any atom is 0.333 e. The highest BCUT2D eigenvalue weighted by molar-refractivity contribution is 6.50. The van der Waals surface area contributed by atoms with Gasteiger partial charge in [0.15, 0.2) is 0 Å². The third-order valence-corrected chi connectivity index (χ3v) is 3.48. The maximum absolute atomic E-state index is 11.0. The second kappa shape index (κ2) is 7.76. The van der Waals surface area contributed by atoms with E-state index in [9.17, 15) is 4.79 Å². The number of hydrogen-bond donors (Lipinski definition) is 0. The molecule has 0 aromatic carbocycles. The molecule has 0 fully saturated rings. The standard InChI is InChI=1S/C10H19O3Si/c1-5-13-14(4)8-6-7-12-10(11)9(2)3/h2,5-8H2,1,3-4H3. The van der Waals surface area contributed by atoms with E-state index in [1.165, 1.54) is 0 Å². The average Bonchev–Trinajstić information content (AvgIpc) is 2.12. The van der Waals surface area contributed by atoms with E-state index in [1.807, 2.05) is 6.92 Å². The molecule has 0 aliphatic rings. The molecule has 0 aromatic heterocycles. The first kappa shape index (κ1) is 13.4. The maximum atomic E-state index is 11.0. The zero-order valence-corrected chi connectivity index (χ0v) is 10.3. The second-order valence-electron chi connectivity index (χ2n) is 3.15. The summed E-state index contributed by atoms with van der Waals surface area (Å²) in [6.45, 7) is 10.5. The van der Waals surface area contributed by atoms with Gasteiger partial charge in [-0.05, 0) is 32.9 Å². The molecule has 0 N–H and O–H groups in total. The van der Waals surface area contributed by atoms with Gasteiger partial charge in [0.05, 0.1) is 6.61 Å². The van der Waals surface area contributed by atoms with Gasteiger partial charge >= 0.3 is 5.97 Å². The third kappa shape index (κ3) is 6.86. The summed E-state index contributed by atoms with van der Waals surface area (Å²) in [6.07, 6.45) is 0.879. The SMILES string of the molecule is C=C(C)C(=O)OCCC[Si](C)OCC. The van der Waals surface area contributed by atoms with E-state index >= 15 is 0 Å². The minimum atomic E-state index is -0.672. The Hall–Kier alpha value is -0.613. The summed E-state index contributed by atoms with van der Waals surface area (Å²) >= 11 is 0. The molecule has 0 aliphatic heterocycles. The Morgan fingerprint density at radius 2 is 2.14 bits per heavy atom. The van der Waals surface area contributed by atoms with E-state index in [0.717, 1.165) is 19.1 Å². The number of carbonyl (C=O) groups is 1. The number of hydrogen-bond acceptors (Lipinski definition) is 3. The minimum absolute atomic E-state index is 0.300. The van der Waals surface area contributed by atoms with Crippen molar-refractivity contribution in [3.05, 3.63) is 12.2 Å². The summed E-state index contributed by atoms with van der Waals surface area (Å²) in [4.78, 5) is 11.0. The highest BCUT2D eigenvalue weighted by Crippen LogP contribution is 2.01. The van der Waals surface area contributed by atoms with Crippen molar-refractivity contribution < 1.29 is 14.0 Å². The summed E-state index contributed by atoms with van der Waals surface area (Å²) in [5.74, 6) is -0.300. The van der Waals surface area contributed by atoms with Crippen LogP contribution in [0.25, 0.3) is 0 Å². The first-order valence-corrected chi connectivity index (χ1v) is 6.97. The van der Waals surface area contributed by atoms with E-state index < -0.39 is 9.04 Å². The first-order valence-electron chi connectivity index (χ1n) is 4.85. The quantitative estimate of drug-likeness (QED) is 0.282. The van der Waals surface area contributed by atoms with E-state index in [-0.39, 0.29) is 5.97 Å². The number of ether oxygens (including phenoxy) is 1. The van der Waals surface area contributed by atoms with Crippen LogP contribution >= 0.6 is 0 Å². The van der Waals surface area contributed by atoms with Crippen molar-refractivity contribution in [2.75, 3.05) is 13.2 Å². The van der Waals surface area contributed by atoms with Crippen LogP contribution in [0.1, 0.15) is 20.3 Å². The van der Waals surface area contributed by atoms with E-state index in [1.54, 1.807) is 6.92 Å². The van der Waals surface area contributed by atoms with Crippen LogP contribution in [-0.4, -0.2) is 28.2 Å². The minimum Gasteiger partial charge on any atom is -0.462 e. The number of rotatable bonds is 7. The lowest BCUT2D eigenvalue weighted by Gasteiger charge is -2.08. The molecule has 0 spiro atoms. The van der Waals surface area contributed by atoms with Gasteiger partial charge in [0.2, 0.25) is 9.04 Å². The van der Waals surface area contributed by atoms with Crippen LogP contribution in [0.2, 0.25) is 12.6 Å². The highest BCUT2D eigenvalue weighted by atomic mass is 28.3. The third-order valence-electron chi connectivity index (χ3n) is 1.65. The van der Waals surface area contributed by atoms with Crippen molar-refractivity contribution in [1.29, 1.82) is 0 Å². The van der Waals surface area contributed by atoms with Crippen LogP contribution in [0.15, 0.2) is 12.2 Å². The van der Waals surface area contributed by atoms with Gasteiger partial charge in [0, 0.05) is 12.2 Å². The largest absolute Gasteiger partial charge is 0.462 e. The normalized spacial score (nSPS) is 10.3. The molecule has 0 aromatic rings. The Kier molecular flexibility index (Phi) is 7.42. The topological polar surface area (TPSA) is 35.5 Å². The Balaban J connectivity index is 3.37. The summed E-state index contributed by atoms with van der Waals surface area (Å²) in [5, 5.41) is 0. The molecule has 0 atom stereocenters. The molecule has 0 saturated carbocycles. The lowest BCUT2D eigenvalue weighted by Crippen LogP contribution is -2.14. The Labute approximate surface area is 87.8 Å². The molecule has 4 heteroatoms. The van der Waals surface area contributed by atoms with Gasteiger partial charge < -0.3 is 9.16 Å². The molecular formula is C10H19O3Si. The van der Waals surface area contributed by atoms with Gasteiger partial charge in [-0.2, -0.15) is 0 Å². The molecule has 0 saturated heterocycles. The van der Waals surface area contributed by atoms with Crippen LogP contribution in [0, 0.1) is 0 Å². The van der Waals surface area contributed by atoms with Gasteiger partial charge in [-0.25, -0.2) is 4.79 Å². The smallest absolute Gasteiger partial charge is 0.333 e. The molecule has 1 radical (unpaired) electrons. The molecule has 0 aliphatic carbocycles. The average molecular weight is 215 g/mol. The second-order valence-corrected chi connectivity index (χ2v) is 5.35. The molecule has 0 heterocycles. The van der Waals surface area contributed by atoms with E-state index in [4.69, 9.17) is 9.16 Å². The molecule has 0 unspecified atom stereocenters. The van der Waals surface area contributed by atoms with Crippen molar-refractivity contribution in [3.8, 4) is 0 Å².